The van der Waals surface area contributed by atoms with Crippen molar-refractivity contribution in [2.45, 2.75) is 19.8 Å². The summed E-state index contributed by atoms with van der Waals surface area (Å²) in [5, 5.41) is 7.10. The number of anilines is 1. The number of nitrogens with one attached hydrogen (secondary N) is 2. The Hall–Kier alpha value is -2.72. The highest BCUT2D eigenvalue weighted by Gasteiger charge is 2.22. The van der Waals surface area contributed by atoms with Crippen LogP contribution in [0, 0.1) is 5.82 Å². The second-order valence-electron chi connectivity index (χ2n) is 6.28. The number of ether oxygens (including phenoxy) is 1. The molecule has 3 rings (SSSR count). The Kier molecular flexibility index (Phi) is 6.04. The molecule has 0 radical (unpaired) electrons. The van der Waals surface area contributed by atoms with Gasteiger partial charge < -0.3 is 4.74 Å². The minimum absolute atomic E-state index is 0.110. The third-order valence-electron chi connectivity index (χ3n) is 4.10. The zero-order valence-corrected chi connectivity index (χ0v) is 17.2. The van der Waals surface area contributed by atoms with E-state index in [4.69, 9.17) is 16.3 Å². The number of rotatable bonds is 8. The van der Waals surface area contributed by atoms with Gasteiger partial charge in [-0.3, -0.25) is 14.6 Å². The molecule has 0 saturated heterocycles. The minimum Gasteiger partial charge on any atom is -0.479 e. The van der Waals surface area contributed by atoms with Gasteiger partial charge in [0.1, 0.15) is 0 Å². The number of hydrogen-bond donors (Lipinski definition) is 2. The van der Waals surface area contributed by atoms with Gasteiger partial charge >= 0.3 is 0 Å². The van der Waals surface area contributed by atoms with Gasteiger partial charge in [0.25, 0.3) is 0 Å². The topological polar surface area (TPSA) is 114 Å². The molecule has 0 aliphatic heterocycles. The number of sulfonamides is 1. The third kappa shape index (κ3) is 4.48. The molecule has 2 aromatic heterocycles. The van der Waals surface area contributed by atoms with Crippen LogP contribution in [0.5, 0.6) is 5.88 Å². The summed E-state index contributed by atoms with van der Waals surface area (Å²) in [5.41, 5.74) is 0.267. The molecule has 154 valence electrons. The lowest BCUT2D eigenvalue weighted by molar-refractivity contribution is 0.0989. The predicted octanol–water partition coefficient (Wildman–Crippen LogP) is 3.34. The summed E-state index contributed by atoms with van der Waals surface area (Å²) in [4.78, 5) is 16.9. The first-order chi connectivity index (χ1) is 13.8. The highest BCUT2D eigenvalue weighted by molar-refractivity contribution is 7.92. The Balaban J connectivity index is 1.92. The molecule has 0 unspecified atom stereocenters. The zero-order valence-electron chi connectivity index (χ0n) is 15.6. The van der Waals surface area contributed by atoms with Crippen molar-refractivity contribution in [2.24, 2.45) is 0 Å². The van der Waals surface area contributed by atoms with E-state index in [2.05, 4.69) is 19.9 Å². The molecule has 0 fully saturated rings. The van der Waals surface area contributed by atoms with Gasteiger partial charge in [-0.1, -0.05) is 18.5 Å². The number of aromatic nitrogens is 3. The Bertz CT molecular complexity index is 1180. The maximum Gasteiger partial charge on any atom is 0.241 e. The first-order valence-electron chi connectivity index (χ1n) is 8.64. The van der Waals surface area contributed by atoms with Crippen LogP contribution in [0.15, 0.2) is 24.4 Å². The summed E-state index contributed by atoms with van der Waals surface area (Å²) in [6.45, 7) is 1.69. The van der Waals surface area contributed by atoms with Crippen molar-refractivity contribution in [3.05, 3.63) is 46.4 Å². The normalized spacial score (nSPS) is 11.6. The second-order valence-corrected chi connectivity index (χ2v) is 8.53. The van der Waals surface area contributed by atoms with Crippen LogP contribution in [0.1, 0.15) is 29.3 Å². The van der Waals surface area contributed by atoms with Gasteiger partial charge in [-0.2, -0.15) is 0 Å². The maximum absolute atomic E-state index is 14.9. The standard InChI is InChI=1S/C18H18ClFN4O4S/c1-3-6-29(26,27)24-13-5-4-12(19)15(16(13)20)14(25)8-10-7-11-17(21-9-10)22-23-18(11)28-2/h4-5,7,9,24H,3,6,8H2,1-2H3,(H,21,22,23). The molecule has 0 aliphatic rings. The van der Waals surface area contributed by atoms with E-state index in [9.17, 15) is 17.6 Å². The van der Waals surface area contributed by atoms with Gasteiger partial charge in [-0.25, -0.2) is 17.8 Å². The van der Waals surface area contributed by atoms with E-state index in [1.54, 1.807) is 13.0 Å². The molecule has 0 atom stereocenters. The molecule has 29 heavy (non-hydrogen) atoms. The van der Waals surface area contributed by atoms with Gasteiger partial charge in [0.2, 0.25) is 15.9 Å². The molecule has 0 saturated carbocycles. The molecule has 3 aromatic rings. The average molecular weight is 441 g/mol. The van der Waals surface area contributed by atoms with E-state index >= 15 is 0 Å². The van der Waals surface area contributed by atoms with Crippen molar-refractivity contribution in [1.82, 2.24) is 15.2 Å². The summed E-state index contributed by atoms with van der Waals surface area (Å²) in [6, 6.07) is 4.12. The number of pyridine rings is 1. The van der Waals surface area contributed by atoms with Gasteiger partial charge in [0.15, 0.2) is 17.2 Å². The van der Waals surface area contributed by atoms with Crippen molar-refractivity contribution in [3.8, 4) is 5.88 Å². The lowest BCUT2D eigenvalue weighted by Gasteiger charge is -2.12. The number of fused-ring (bicyclic) bond motifs is 1. The number of halogens is 2. The molecule has 0 spiro atoms. The van der Waals surface area contributed by atoms with Crippen molar-refractivity contribution >= 4 is 44.1 Å². The molecule has 0 amide bonds. The predicted molar refractivity (Wildman–Crippen MR) is 108 cm³/mol. The van der Waals surface area contributed by atoms with Crippen LogP contribution in [-0.2, 0) is 16.4 Å². The Morgan fingerprint density at radius 3 is 2.83 bits per heavy atom. The number of ketones is 1. The average Bonchev–Trinajstić information content (AvgIpc) is 3.06. The number of carbonyl (C=O) groups is 1. The fourth-order valence-corrected chi connectivity index (χ4v) is 4.21. The smallest absolute Gasteiger partial charge is 0.241 e. The number of H-pyrrole nitrogens is 1. The van der Waals surface area contributed by atoms with Crippen molar-refractivity contribution < 1.29 is 22.3 Å². The first-order valence-corrected chi connectivity index (χ1v) is 10.7. The number of benzene rings is 1. The van der Waals surface area contributed by atoms with Gasteiger partial charge in [0, 0.05) is 12.6 Å². The van der Waals surface area contributed by atoms with Gasteiger partial charge in [-0.15, -0.1) is 5.10 Å². The number of Topliss-reactive ketones (excluding diaryl/α,β-unsaturated/α-hetero) is 1. The van der Waals surface area contributed by atoms with Crippen molar-refractivity contribution in [3.63, 3.8) is 0 Å². The fourth-order valence-electron chi connectivity index (χ4n) is 2.82. The largest absolute Gasteiger partial charge is 0.479 e. The van der Waals surface area contributed by atoms with Crippen LogP contribution >= 0.6 is 11.6 Å². The first kappa shape index (κ1) is 21.0. The number of carbonyl (C=O) groups excluding carboxylic acids is 1. The van der Waals surface area contributed by atoms with Crippen LogP contribution in [0.25, 0.3) is 11.0 Å². The van der Waals surface area contributed by atoms with E-state index in [0.717, 1.165) is 0 Å². The Morgan fingerprint density at radius 1 is 1.38 bits per heavy atom. The van der Waals surface area contributed by atoms with Crippen LogP contribution in [0.3, 0.4) is 0 Å². The summed E-state index contributed by atoms with van der Waals surface area (Å²) in [5.74, 6) is -1.49. The van der Waals surface area contributed by atoms with Gasteiger partial charge in [-0.05, 0) is 30.2 Å². The lowest BCUT2D eigenvalue weighted by Crippen LogP contribution is -2.18. The maximum atomic E-state index is 14.9. The molecule has 0 aliphatic carbocycles. The van der Waals surface area contributed by atoms with E-state index in [1.165, 1.54) is 25.4 Å². The fraction of sp³-hybridized carbons (Fsp3) is 0.278. The Labute approximate surface area is 171 Å². The summed E-state index contributed by atoms with van der Waals surface area (Å²) in [7, 11) is -2.27. The van der Waals surface area contributed by atoms with Crippen LogP contribution < -0.4 is 9.46 Å². The van der Waals surface area contributed by atoms with Crippen LogP contribution in [0.4, 0.5) is 10.1 Å². The van der Waals surface area contributed by atoms with Crippen molar-refractivity contribution in [2.75, 3.05) is 17.6 Å². The molecule has 11 heteroatoms. The molecular weight excluding hydrogens is 423 g/mol. The van der Waals surface area contributed by atoms with Gasteiger partial charge in [0.05, 0.1) is 34.5 Å². The number of hydrogen-bond acceptors (Lipinski definition) is 6. The van der Waals surface area contributed by atoms with Crippen LogP contribution in [0.2, 0.25) is 5.02 Å². The molecule has 1 aromatic carbocycles. The summed E-state index contributed by atoms with van der Waals surface area (Å²) >= 11 is 6.03. The molecule has 2 heterocycles. The van der Waals surface area contributed by atoms with E-state index in [1.807, 2.05) is 0 Å². The molecule has 0 bridgehead atoms. The van der Waals surface area contributed by atoms with Crippen molar-refractivity contribution in [1.29, 1.82) is 0 Å². The number of aromatic amines is 1. The zero-order chi connectivity index (χ0) is 21.2. The number of methoxy groups -OCH3 is 1. The second kappa shape index (κ2) is 8.34. The monoisotopic (exact) mass is 440 g/mol. The number of nitrogens with zero attached hydrogens (tertiary/aromatic N) is 2. The van der Waals surface area contributed by atoms with E-state index in [0.29, 0.717) is 28.9 Å². The molecule has 2 N–H and O–H groups in total. The summed E-state index contributed by atoms with van der Waals surface area (Å²) in [6.07, 6.45) is 1.62. The van der Waals surface area contributed by atoms with E-state index < -0.39 is 21.6 Å². The third-order valence-corrected chi connectivity index (χ3v) is 5.90. The lowest BCUT2D eigenvalue weighted by atomic mass is 10.0. The molecular formula is C18H18ClFN4O4S. The molecule has 8 nitrogen and oxygen atoms in total. The van der Waals surface area contributed by atoms with Crippen LogP contribution in [-0.4, -0.2) is 42.2 Å². The highest BCUT2D eigenvalue weighted by Crippen LogP contribution is 2.28. The highest BCUT2D eigenvalue weighted by atomic mass is 35.5. The quantitative estimate of drug-likeness (QED) is 0.519. The SMILES string of the molecule is CCCS(=O)(=O)Nc1ccc(Cl)c(C(=O)Cc2cnc3[nH]nc(OC)c3c2)c1F. The minimum atomic E-state index is -3.73. The summed E-state index contributed by atoms with van der Waals surface area (Å²) < 4.78 is 46.1. The Morgan fingerprint density at radius 2 is 2.14 bits per heavy atom. The van der Waals surface area contributed by atoms with E-state index in [-0.39, 0.29) is 28.4 Å².